The smallest absolute Gasteiger partial charge is 0.235 e. The highest BCUT2D eigenvalue weighted by molar-refractivity contribution is 5.56. The molecule has 21 heavy (non-hydrogen) atoms. The fourth-order valence-corrected chi connectivity index (χ4v) is 3.37. The number of rotatable bonds is 5. The summed E-state index contributed by atoms with van der Waals surface area (Å²) in [6.45, 7) is 4.27. The number of carbonyl (C=O) groups excluding carboxylic acids is 1. The molecule has 0 aliphatic heterocycles. The molecule has 4 nitrogen and oxygen atoms in total. The van der Waals surface area contributed by atoms with Gasteiger partial charge in [0.1, 0.15) is 5.54 Å². The van der Waals surface area contributed by atoms with Crippen LogP contribution in [0.5, 0.6) is 11.5 Å². The maximum absolute atomic E-state index is 11.0. The van der Waals surface area contributed by atoms with Crippen molar-refractivity contribution in [3.8, 4) is 11.5 Å². The molecule has 0 amide bonds. The van der Waals surface area contributed by atoms with E-state index in [9.17, 15) is 4.79 Å². The molecule has 0 unspecified atom stereocenters. The number of isocyanates is 1. The van der Waals surface area contributed by atoms with Crippen molar-refractivity contribution in [3.63, 3.8) is 0 Å². The third-order valence-electron chi connectivity index (χ3n) is 4.36. The average molecular weight is 289 g/mol. The van der Waals surface area contributed by atoms with Crippen molar-refractivity contribution in [2.24, 2.45) is 4.99 Å². The van der Waals surface area contributed by atoms with E-state index in [1.54, 1.807) is 20.3 Å². The Kier molecular flexibility index (Phi) is 4.69. The van der Waals surface area contributed by atoms with E-state index >= 15 is 0 Å². The molecule has 0 N–H and O–H groups in total. The van der Waals surface area contributed by atoms with Crippen LogP contribution in [-0.2, 0) is 10.3 Å². The maximum atomic E-state index is 11.0. The van der Waals surface area contributed by atoms with Gasteiger partial charge in [-0.1, -0.05) is 32.8 Å². The minimum Gasteiger partial charge on any atom is -0.493 e. The van der Waals surface area contributed by atoms with Crippen molar-refractivity contribution in [2.75, 3.05) is 14.2 Å². The highest BCUT2D eigenvalue weighted by atomic mass is 16.5. The van der Waals surface area contributed by atoms with Crippen LogP contribution in [-0.4, -0.2) is 20.3 Å². The van der Waals surface area contributed by atoms with Crippen LogP contribution in [0.1, 0.15) is 56.6 Å². The zero-order valence-corrected chi connectivity index (χ0v) is 13.2. The molecule has 0 atom stereocenters. The van der Waals surface area contributed by atoms with Gasteiger partial charge in [0.05, 0.1) is 14.2 Å². The average Bonchev–Trinajstić information content (AvgIpc) is 2.95. The van der Waals surface area contributed by atoms with Gasteiger partial charge < -0.3 is 9.47 Å². The number of nitrogens with zero attached hydrogens (tertiary/aromatic N) is 1. The lowest BCUT2D eigenvalue weighted by molar-refractivity contribution is 0.335. The van der Waals surface area contributed by atoms with E-state index in [-0.39, 0.29) is 0 Å². The molecule has 0 spiro atoms. The van der Waals surface area contributed by atoms with Crippen LogP contribution in [0.15, 0.2) is 17.1 Å². The highest BCUT2D eigenvalue weighted by Crippen LogP contribution is 2.51. The van der Waals surface area contributed by atoms with Crippen molar-refractivity contribution in [1.29, 1.82) is 0 Å². The van der Waals surface area contributed by atoms with E-state index in [1.807, 2.05) is 6.07 Å². The van der Waals surface area contributed by atoms with E-state index in [0.29, 0.717) is 17.4 Å². The Bertz CT molecular complexity index is 553. The Labute approximate surface area is 126 Å². The summed E-state index contributed by atoms with van der Waals surface area (Å²) in [6.07, 6.45) is 5.61. The molecule has 0 bridgehead atoms. The molecule has 0 aromatic heterocycles. The van der Waals surface area contributed by atoms with Crippen LogP contribution in [0.25, 0.3) is 0 Å². The van der Waals surface area contributed by atoms with Gasteiger partial charge in [0.15, 0.2) is 11.5 Å². The van der Waals surface area contributed by atoms with Gasteiger partial charge in [0.25, 0.3) is 0 Å². The number of ether oxygens (including phenoxy) is 2. The molecule has 0 saturated heterocycles. The molecule has 1 fully saturated rings. The quantitative estimate of drug-likeness (QED) is 0.609. The topological polar surface area (TPSA) is 47.9 Å². The van der Waals surface area contributed by atoms with Gasteiger partial charge in [-0.15, -0.1) is 0 Å². The van der Waals surface area contributed by atoms with E-state index in [0.717, 1.165) is 36.8 Å². The summed E-state index contributed by atoms with van der Waals surface area (Å²) in [6, 6.07) is 3.98. The molecule has 1 aliphatic rings. The first kappa shape index (κ1) is 15.6. The maximum Gasteiger partial charge on any atom is 0.235 e. The van der Waals surface area contributed by atoms with Gasteiger partial charge in [-0.2, -0.15) is 4.99 Å². The Balaban J connectivity index is 2.76. The highest BCUT2D eigenvalue weighted by Gasteiger charge is 2.41. The van der Waals surface area contributed by atoms with Crippen molar-refractivity contribution in [1.82, 2.24) is 0 Å². The monoisotopic (exact) mass is 289 g/mol. The summed E-state index contributed by atoms with van der Waals surface area (Å²) >= 11 is 0. The fourth-order valence-electron chi connectivity index (χ4n) is 3.37. The minimum atomic E-state index is -0.513. The number of benzene rings is 1. The summed E-state index contributed by atoms with van der Waals surface area (Å²) in [5.74, 6) is 1.70. The first-order valence-electron chi connectivity index (χ1n) is 7.44. The zero-order valence-electron chi connectivity index (χ0n) is 13.2. The van der Waals surface area contributed by atoms with Gasteiger partial charge in [-0.25, -0.2) is 4.79 Å². The van der Waals surface area contributed by atoms with Gasteiger partial charge >= 0.3 is 0 Å². The van der Waals surface area contributed by atoms with Gasteiger partial charge in [0.2, 0.25) is 6.08 Å². The second-order valence-corrected chi connectivity index (χ2v) is 5.86. The normalized spacial score (nSPS) is 16.6. The van der Waals surface area contributed by atoms with Crippen molar-refractivity contribution in [2.45, 2.75) is 51.0 Å². The standard InChI is InChI=1S/C17H23NO3/c1-12(2)13-7-8-14(20-3)16(21-4)15(13)17(18-11-19)9-5-6-10-17/h7-8,12H,5-6,9-10H2,1-4H3. The van der Waals surface area contributed by atoms with E-state index < -0.39 is 5.54 Å². The van der Waals surface area contributed by atoms with E-state index in [1.165, 1.54) is 0 Å². The van der Waals surface area contributed by atoms with E-state index in [4.69, 9.17) is 9.47 Å². The Morgan fingerprint density at radius 2 is 1.86 bits per heavy atom. The summed E-state index contributed by atoms with van der Waals surface area (Å²) < 4.78 is 11.1. The molecule has 1 aromatic rings. The van der Waals surface area contributed by atoms with Crippen LogP contribution in [0.4, 0.5) is 0 Å². The molecular formula is C17H23NO3. The minimum absolute atomic E-state index is 0.319. The molecule has 114 valence electrons. The third-order valence-corrected chi connectivity index (χ3v) is 4.36. The molecule has 2 rings (SSSR count). The molecular weight excluding hydrogens is 266 g/mol. The largest absolute Gasteiger partial charge is 0.493 e. The van der Waals surface area contributed by atoms with Crippen LogP contribution in [0, 0.1) is 0 Å². The first-order chi connectivity index (χ1) is 10.1. The SMILES string of the molecule is COc1ccc(C(C)C)c(C2(N=C=O)CCCC2)c1OC. The van der Waals surface area contributed by atoms with Gasteiger partial charge in [-0.05, 0) is 30.4 Å². The predicted molar refractivity (Wildman–Crippen MR) is 81.9 cm³/mol. The second-order valence-electron chi connectivity index (χ2n) is 5.86. The second kappa shape index (κ2) is 6.31. The molecule has 1 aliphatic carbocycles. The first-order valence-corrected chi connectivity index (χ1v) is 7.44. The number of methoxy groups -OCH3 is 2. The predicted octanol–water partition coefficient (Wildman–Crippen LogP) is 3.93. The van der Waals surface area contributed by atoms with Crippen LogP contribution in [0.3, 0.4) is 0 Å². The third kappa shape index (κ3) is 2.68. The lowest BCUT2D eigenvalue weighted by Crippen LogP contribution is -2.23. The summed E-state index contributed by atoms with van der Waals surface area (Å²) in [7, 11) is 3.26. The van der Waals surface area contributed by atoms with Crippen LogP contribution < -0.4 is 9.47 Å². The Morgan fingerprint density at radius 1 is 1.19 bits per heavy atom. The van der Waals surface area contributed by atoms with E-state index in [2.05, 4.69) is 24.9 Å². The lowest BCUT2D eigenvalue weighted by Gasteiger charge is -2.30. The molecule has 0 radical (unpaired) electrons. The molecule has 1 aromatic carbocycles. The number of hydrogen-bond acceptors (Lipinski definition) is 4. The summed E-state index contributed by atoms with van der Waals surface area (Å²) in [4.78, 5) is 15.2. The fraction of sp³-hybridized carbons (Fsp3) is 0.588. The summed E-state index contributed by atoms with van der Waals surface area (Å²) in [5.41, 5.74) is 1.65. The Hall–Kier alpha value is -1.80. The lowest BCUT2D eigenvalue weighted by atomic mass is 9.81. The van der Waals surface area contributed by atoms with Crippen molar-refractivity contribution < 1.29 is 14.3 Å². The van der Waals surface area contributed by atoms with Gasteiger partial charge in [0, 0.05) is 5.56 Å². The van der Waals surface area contributed by atoms with Crippen molar-refractivity contribution in [3.05, 3.63) is 23.3 Å². The van der Waals surface area contributed by atoms with Crippen molar-refractivity contribution >= 4 is 6.08 Å². The Morgan fingerprint density at radius 3 is 2.33 bits per heavy atom. The molecule has 1 saturated carbocycles. The summed E-state index contributed by atoms with van der Waals surface area (Å²) in [5, 5.41) is 0. The zero-order chi connectivity index (χ0) is 15.5. The van der Waals surface area contributed by atoms with Crippen LogP contribution >= 0.6 is 0 Å². The molecule has 4 heteroatoms. The van der Waals surface area contributed by atoms with Crippen LogP contribution in [0.2, 0.25) is 0 Å². The number of hydrogen-bond donors (Lipinski definition) is 0. The van der Waals surface area contributed by atoms with Gasteiger partial charge in [-0.3, -0.25) is 0 Å². The number of aliphatic imine (C=N–C) groups is 1. The molecule has 0 heterocycles.